The minimum absolute atomic E-state index is 0.859. The second-order valence-corrected chi connectivity index (χ2v) is 17.6. The van der Waals surface area contributed by atoms with Crippen molar-refractivity contribution >= 4 is 71.6 Å². The Hall–Kier alpha value is -9.12. The highest BCUT2D eigenvalue weighted by molar-refractivity contribution is 6.19. The summed E-state index contributed by atoms with van der Waals surface area (Å²) in [4.78, 5) is 2.42. The van der Waals surface area contributed by atoms with Crippen molar-refractivity contribution in [3.05, 3.63) is 243 Å². The number of benzene rings is 11. The van der Waals surface area contributed by atoms with Gasteiger partial charge in [0.2, 0.25) is 0 Å². The third-order valence-electron chi connectivity index (χ3n) is 13.8. The van der Waals surface area contributed by atoms with Gasteiger partial charge < -0.3 is 18.6 Å². The van der Waals surface area contributed by atoms with Crippen LogP contribution in [0, 0.1) is 0 Å². The molecule has 13 aromatic rings. The molecule has 0 saturated heterocycles. The number of hydrogen-bond donors (Lipinski definition) is 0. The molecule has 0 radical (unpaired) electrons. The highest BCUT2D eigenvalue weighted by Crippen LogP contribution is 2.49. The van der Waals surface area contributed by atoms with Gasteiger partial charge in [0.15, 0.2) is 11.5 Å². The van der Waals surface area contributed by atoms with E-state index < -0.39 is 0 Å². The molecule has 0 saturated carbocycles. The first-order valence-corrected chi connectivity index (χ1v) is 23.2. The molecule has 0 spiro atoms. The van der Waals surface area contributed by atoms with Gasteiger partial charge in [0.1, 0.15) is 11.2 Å². The number of fused-ring (bicyclic) bond motifs is 10. The molecule has 4 heteroatoms. The molecule has 0 amide bonds. The predicted molar refractivity (Wildman–Crippen MR) is 282 cm³/mol. The quantitative estimate of drug-likeness (QED) is 0.160. The highest BCUT2D eigenvalue weighted by atomic mass is 16.5. The minimum Gasteiger partial charge on any atom is -0.455 e. The van der Waals surface area contributed by atoms with Crippen molar-refractivity contribution in [2.45, 2.75) is 0 Å². The zero-order valence-corrected chi connectivity index (χ0v) is 36.8. The fraction of sp³-hybridized carbons (Fsp3) is 0. The third-order valence-corrected chi connectivity index (χ3v) is 13.8. The van der Waals surface area contributed by atoms with Crippen LogP contribution >= 0.6 is 0 Å². The maximum absolute atomic E-state index is 6.62. The van der Waals surface area contributed by atoms with E-state index in [1.807, 2.05) is 12.1 Å². The molecule has 2 aromatic heterocycles. The summed E-state index contributed by atoms with van der Waals surface area (Å²) in [6, 6.07) is 87.1. The van der Waals surface area contributed by atoms with Crippen molar-refractivity contribution in [2.24, 2.45) is 0 Å². The molecule has 1 aliphatic heterocycles. The first kappa shape index (κ1) is 38.2. The molecule has 0 atom stereocenters. The predicted octanol–water partition coefficient (Wildman–Crippen LogP) is 18.1. The van der Waals surface area contributed by atoms with Gasteiger partial charge in [-0.2, -0.15) is 0 Å². The smallest absolute Gasteiger partial charge is 0.152 e. The summed E-state index contributed by atoms with van der Waals surface area (Å²) in [6.07, 6.45) is 0. The molecule has 0 unspecified atom stereocenters. The fourth-order valence-electron chi connectivity index (χ4n) is 10.7. The largest absolute Gasteiger partial charge is 0.455 e. The Morgan fingerprint density at radius 1 is 0.368 bits per heavy atom. The average Bonchev–Trinajstić information content (AvgIpc) is 3.97. The van der Waals surface area contributed by atoms with Crippen molar-refractivity contribution in [1.82, 2.24) is 4.57 Å². The lowest BCUT2D eigenvalue weighted by Gasteiger charge is -2.29. The highest BCUT2D eigenvalue weighted by Gasteiger charge is 2.25. The van der Waals surface area contributed by atoms with Gasteiger partial charge in [-0.1, -0.05) is 170 Å². The summed E-state index contributed by atoms with van der Waals surface area (Å²) in [5.74, 6) is 1.73. The molecule has 4 nitrogen and oxygen atoms in total. The van der Waals surface area contributed by atoms with Crippen LogP contribution in [0.2, 0.25) is 0 Å². The topological polar surface area (TPSA) is 30.5 Å². The average molecular weight is 869 g/mol. The monoisotopic (exact) mass is 868 g/mol. The number of furan rings is 1. The number of ether oxygens (including phenoxy) is 1. The summed E-state index contributed by atoms with van der Waals surface area (Å²) in [6.45, 7) is 0. The molecule has 318 valence electrons. The normalized spacial score (nSPS) is 11.9. The van der Waals surface area contributed by atoms with E-state index in [0.717, 1.165) is 111 Å². The number of nitrogens with zero attached hydrogens (tertiary/aromatic N) is 2. The van der Waals surface area contributed by atoms with E-state index >= 15 is 0 Å². The number of anilines is 3. The van der Waals surface area contributed by atoms with Crippen LogP contribution in [-0.2, 0) is 0 Å². The zero-order valence-electron chi connectivity index (χ0n) is 36.8. The van der Waals surface area contributed by atoms with Gasteiger partial charge in [0.05, 0.1) is 22.4 Å². The van der Waals surface area contributed by atoms with Crippen molar-refractivity contribution in [2.75, 3.05) is 4.90 Å². The van der Waals surface area contributed by atoms with E-state index in [4.69, 9.17) is 9.15 Å². The van der Waals surface area contributed by atoms with Gasteiger partial charge >= 0.3 is 0 Å². The first-order chi connectivity index (χ1) is 33.7. The van der Waals surface area contributed by atoms with Gasteiger partial charge in [-0.05, 0) is 117 Å². The Morgan fingerprint density at radius 3 is 1.90 bits per heavy atom. The zero-order chi connectivity index (χ0) is 44.7. The molecule has 11 aromatic carbocycles. The molecule has 1 aliphatic rings. The molecule has 3 heterocycles. The second kappa shape index (κ2) is 15.2. The minimum atomic E-state index is 0.859. The number of rotatable bonds is 7. The van der Waals surface area contributed by atoms with Crippen LogP contribution in [0.3, 0.4) is 0 Å². The molecular formula is C64H40N2O2. The summed E-state index contributed by atoms with van der Waals surface area (Å²) < 4.78 is 15.5. The maximum atomic E-state index is 6.62. The molecular weight excluding hydrogens is 829 g/mol. The number of para-hydroxylation sites is 4. The molecule has 68 heavy (non-hydrogen) atoms. The lowest BCUT2D eigenvalue weighted by molar-refractivity contribution is 0.476. The standard InChI is InChI=1S/C64H40N2O2/c1-3-15-41(16-4-1)48-37-35-47(40-54(48)42-17-5-2-6-18-42)65(46-33-29-44(30-34-46)50-22-13-27-60-62(50)53-36-31-43-19-7-8-21-51(43)64(53)68-60)56-24-10-9-20-49(56)45-32-38-57-55(39-45)52-23-14-28-61-63(52)66(57)58-25-11-12-26-59(58)67-61/h1-40H. The third kappa shape index (κ3) is 5.94. The van der Waals surface area contributed by atoms with Gasteiger partial charge in [0, 0.05) is 43.9 Å². The Kier molecular flexibility index (Phi) is 8.55. The van der Waals surface area contributed by atoms with Gasteiger partial charge in [0.25, 0.3) is 0 Å². The van der Waals surface area contributed by atoms with E-state index in [0.29, 0.717) is 0 Å². The molecule has 0 fully saturated rings. The van der Waals surface area contributed by atoms with Crippen LogP contribution in [0.1, 0.15) is 0 Å². The van der Waals surface area contributed by atoms with E-state index in [2.05, 4.69) is 240 Å². The van der Waals surface area contributed by atoms with Crippen LogP contribution in [0.25, 0.3) is 105 Å². The van der Waals surface area contributed by atoms with Crippen molar-refractivity contribution < 1.29 is 9.15 Å². The Bertz CT molecular complexity index is 4110. The first-order valence-electron chi connectivity index (χ1n) is 23.2. The fourth-order valence-corrected chi connectivity index (χ4v) is 10.7. The molecule has 0 aliphatic carbocycles. The van der Waals surface area contributed by atoms with Crippen molar-refractivity contribution in [3.63, 3.8) is 0 Å². The maximum Gasteiger partial charge on any atom is 0.152 e. The van der Waals surface area contributed by atoms with Gasteiger partial charge in [-0.25, -0.2) is 0 Å². The Balaban J connectivity index is 0.962. The molecule has 14 rings (SSSR count). The van der Waals surface area contributed by atoms with Crippen LogP contribution in [0.4, 0.5) is 17.1 Å². The lowest BCUT2D eigenvalue weighted by atomic mass is 9.93. The Morgan fingerprint density at radius 2 is 1.03 bits per heavy atom. The van der Waals surface area contributed by atoms with Crippen molar-refractivity contribution in [1.29, 1.82) is 0 Å². The molecule has 0 bridgehead atoms. The van der Waals surface area contributed by atoms with E-state index in [9.17, 15) is 0 Å². The summed E-state index contributed by atoms with van der Waals surface area (Å²) in [5.41, 5.74) is 17.5. The second-order valence-electron chi connectivity index (χ2n) is 17.6. The van der Waals surface area contributed by atoms with Crippen LogP contribution in [0.5, 0.6) is 11.5 Å². The summed E-state index contributed by atoms with van der Waals surface area (Å²) in [7, 11) is 0. The van der Waals surface area contributed by atoms with Crippen LogP contribution in [-0.4, -0.2) is 4.57 Å². The Labute approximate surface area is 392 Å². The van der Waals surface area contributed by atoms with Gasteiger partial charge in [-0.15, -0.1) is 0 Å². The van der Waals surface area contributed by atoms with E-state index in [1.165, 1.54) is 21.9 Å². The van der Waals surface area contributed by atoms with Crippen LogP contribution in [0.15, 0.2) is 247 Å². The summed E-state index contributed by atoms with van der Waals surface area (Å²) in [5, 5.41) is 6.88. The SMILES string of the molecule is c1ccc(-c2ccc(N(c3ccc(-c4cccc5oc6c7ccccc7ccc6c45)cc3)c3ccccc3-c3ccc4c(c3)c3cccc5c3n4-c3ccccc3O5)cc2-c2ccccc2)cc1. The molecule has 0 N–H and O–H groups in total. The number of hydrogen-bond acceptors (Lipinski definition) is 3. The summed E-state index contributed by atoms with van der Waals surface area (Å²) >= 11 is 0. The lowest BCUT2D eigenvalue weighted by Crippen LogP contribution is -2.11. The van der Waals surface area contributed by atoms with Crippen molar-refractivity contribution in [3.8, 4) is 61.7 Å². The van der Waals surface area contributed by atoms with E-state index in [-0.39, 0.29) is 0 Å². The van der Waals surface area contributed by atoms with Crippen LogP contribution < -0.4 is 9.64 Å². The number of aromatic nitrogens is 1. The van der Waals surface area contributed by atoms with Gasteiger partial charge in [-0.3, -0.25) is 0 Å². The van der Waals surface area contributed by atoms with E-state index in [1.54, 1.807) is 0 Å².